The summed E-state index contributed by atoms with van der Waals surface area (Å²) in [6.07, 6.45) is 3.01. The van der Waals surface area contributed by atoms with Crippen molar-refractivity contribution in [3.05, 3.63) is 59.2 Å². The molecule has 2 aromatic carbocycles. The van der Waals surface area contributed by atoms with Gasteiger partial charge in [0, 0.05) is 12.1 Å². The van der Waals surface area contributed by atoms with Gasteiger partial charge in [-0.25, -0.2) is 0 Å². The van der Waals surface area contributed by atoms with Gasteiger partial charge in [-0.3, -0.25) is 4.79 Å². The predicted molar refractivity (Wildman–Crippen MR) is 93.5 cm³/mol. The molecule has 1 N–H and O–H groups in total. The summed E-state index contributed by atoms with van der Waals surface area (Å²) in [5, 5.41) is 3.06. The summed E-state index contributed by atoms with van der Waals surface area (Å²) >= 11 is 0. The number of nitrogens with one attached hydrogen (secondary N) is 1. The van der Waals surface area contributed by atoms with Crippen molar-refractivity contribution in [2.75, 3.05) is 14.2 Å². The summed E-state index contributed by atoms with van der Waals surface area (Å²) in [6, 6.07) is 13.9. The van der Waals surface area contributed by atoms with Gasteiger partial charge in [0.15, 0.2) is 11.5 Å². The Hall–Kier alpha value is -2.49. The predicted octanol–water partition coefficient (Wildman–Crippen LogP) is 3.44. The van der Waals surface area contributed by atoms with E-state index in [9.17, 15) is 4.79 Å². The Bertz CT molecular complexity index is 727. The van der Waals surface area contributed by atoms with E-state index >= 15 is 0 Å². The molecular weight excluding hydrogens is 302 g/mol. The van der Waals surface area contributed by atoms with Crippen molar-refractivity contribution in [1.82, 2.24) is 5.32 Å². The Kier molecular flexibility index (Phi) is 5.04. The summed E-state index contributed by atoms with van der Waals surface area (Å²) < 4.78 is 10.7. The number of amides is 1. The minimum absolute atomic E-state index is 0.0634. The van der Waals surface area contributed by atoms with Crippen LogP contribution in [0, 0.1) is 0 Å². The lowest BCUT2D eigenvalue weighted by atomic mass is 9.82. The Morgan fingerprint density at radius 3 is 2.75 bits per heavy atom. The monoisotopic (exact) mass is 325 g/mol. The molecule has 0 aromatic heterocycles. The number of carbonyl (C=O) groups is 1. The molecule has 4 nitrogen and oxygen atoms in total. The van der Waals surface area contributed by atoms with Gasteiger partial charge >= 0.3 is 0 Å². The molecule has 1 atom stereocenters. The highest BCUT2D eigenvalue weighted by atomic mass is 16.5. The maximum absolute atomic E-state index is 12.7. The number of fused-ring (bicyclic) bond motifs is 1. The van der Waals surface area contributed by atoms with E-state index in [0.717, 1.165) is 24.8 Å². The van der Waals surface area contributed by atoms with Crippen LogP contribution in [0.4, 0.5) is 0 Å². The van der Waals surface area contributed by atoms with E-state index in [1.54, 1.807) is 14.2 Å². The number of benzene rings is 2. The Morgan fingerprint density at radius 1 is 1.12 bits per heavy atom. The lowest BCUT2D eigenvalue weighted by molar-refractivity contribution is -0.123. The molecule has 0 fully saturated rings. The molecule has 24 heavy (non-hydrogen) atoms. The first-order valence-electron chi connectivity index (χ1n) is 8.30. The average Bonchev–Trinajstić information content (AvgIpc) is 2.65. The number of para-hydroxylation sites is 1. The molecule has 0 heterocycles. The van der Waals surface area contributed by atoms with Crippen molar-refractivity contribution in [2.24, 2.45) is 0 Å². The zero-order valence-electron chi connectivity index (χ0n) is 14.2. The Balaban J connectivity index is 1.73. The zero-order valence-corrected chi connectivity index (χ0v) is 14.2. The van der Waals surface area contributed by atoms with Crippen molar-refractivity contribution >= 4 is 5.91 Å². The van der Waals surface area contributed by atoms with Gasteiger partial charge in [0.25, 0.3) is 0 Å². The van der Waals surface area contributed by atoms with Gasteiger partial charge in [-0.15, -0.1) is 0 Å². The largest absolute Gasteiger partial charge is 0.493 e. The standard InChI is InChI=1S/C20H23NO3/c1-23-18-12-6-9-15(19(18)24-2)13-21-20(22)17-11-5-8-14-7-3-4-10-16(14)17/h3-4,6-7,9-10,12,17H,5,8,11,13H2,1-2H3,(H,21,22). The molecule has 1 unspecified atom stereocenters. The topological polar surface area (TPSA) is 47.6 Å². The van der Waals surface area contributed by atoms with Gasteiger partial charge in [0.2, 0.25) is 5.91 Å². The van der Waals surface area contributed by atoms with Crippen LogP contribution < -0.4 is 14.8 Å². The Labute approximate surface area is 142 Å². The summed E-state index contributed by atoms with van der Waals surface area (Å²) in [6.45, 7) is 0.428. The Morgan fingerprint density at radius 2 is 1.96 bits per heavy atom. The number of hydrogen-bond donors (Lipinski definition) is 1. The van der Waals surface area contributed by atoms with Crippen LogP contribution in [0.15, 0.2) is 42.5 Å². The summed E-state index contributed by atoms with van der Waals surface area (Å²) in [5.74, 6) is 1.36. The van der Waals surface area contributed by atoms with Gasteiger partial charge in [-0.1, -0.05) is 36.4 Å². The normalized spacial score (nSPS) is 16.2. The van der Waals surface area contributed by atoms with E-state index < -0.39 is 0 Å². The van der Waals surface area contributed by atoms with Gasteiger partial charge in [0.05, 0.1) is 20.1 Å². The highest BCUT2D eigenvalue weighted by Crippen LogP contribution is 2.33. The summed E-state index contributed by atoms with van der Waals surface area (Å²) in [7, 11) is 3.22. The zero-order chi connectivity index (χ0) is 16.9. The number of ether oxygens (including phenoxy) is 2. The summed E-state index contributed by atoms with van der Waals surface area (Å²) in [5.41, 5.74) is 3.37. The fourth-order valence-electron chi connectivity index (χ4n) is 3.42. The molecule has 3 rings (SSSR count). The minimum Gasteiger partial charge on any atom is -0.493 e. The molecule has 1 aliphatic carbocycles. The van der Waals surface area contributed by atoms with Gasteiger partial charge in [-0.05, 0) is 36.5 Å². The second-order valence-corrected chi connectivity index (χ2v) is 6.01. The SMILES string of the molecule is COc1cccc(CNC(=O)C2CCCc3ccccc32)c1OC. The third-order valence-corrected chi connectivity index (χ3v) is 4.62. The fourth-order valence-corrected chi connectivity index (χ4v) is 3.42. The molecule has 0 radical (unpaired) electrons. The first kappa shape index (κ1) is 16.4. The smallest absolute Gasteiger partial charge is 0.227 e. The van der Waals surface area contributed by atoms with E-state index in [2.05, 4.69) is 17.4 Å². The van der Waals surface area contributed by atoms with Crippen LogP contribution in [0.1, 0.15) is 35.4 Å². The van der Waals surface area contributed by atoms with Gasteiger partial charge in [0.1, 0.15) is 0 Å². The molecule has 0 saturated carbocycles. The molecule has 2 aromatic rings. The lowest BCUT2D eigenvalue weighted by Gasteiger charge is -2.24. The van der Waals surface area contributed by atoms with Crippen molar-refractivity contribution in [3.63, 3.8) is 0 Å². The number of rotatable bonds is 5. The van der Waals surface area contributed by atoms with Gasteiger partial charge in [-0.2, -0.15) is 0 Å². The molecule has 4 heteroatoms. The third kappa shape index (κ3) is 3.23. The highest BCUT2D eigenvalue weighted by molar-refractivity contribution is 5.84. The quantitative estimate of drug-likeness (QED) is 0.916. The molecule has 0 saturated heterocycles. The molecule has 0 aliphatic heterocycles. The molecule has 1 amide bonds. The van der Waals surface area contributed by atoms with E-state index in [0.29, 0.717) is 18.0 Å². The number of aryl methyl sites for hydroxylation is 1. The van der Waals surface area contributed by atoms with E-state index in [4.69, 9.17) is 9.47 Å². The lowest BCUT2D eigenvalue weighted by Crippen LogP contribution is -2.31. The second kappa shape index (κ2) is 7.39. The molecule has 1 aliphatic rings. The maximum Gasteiger partial charge on any atom is 0.227 e. The van der Waals surface area contributed by atoms with Crippen LogP contribution in [0.3, 0.4) is 0 Å². The average molecular weight is 325 g/mol. The van der Waals surface area contributed by atoms with Crippen LogP contribution >= 0.6 is 0 Å². The van der Waals surface area contributed by atoms with Crippen LogP contribution in [0.25, 0.3) is 0 Å². The van der Waals surface area contributed by atoms with Crippen molar-refractivity contribution in [2.45, 2.75) is 31.7 Å². The number of hydrogen-bond acceptors (Lipinski definition) is 3. The minimum atomic E-state index is -0.0634. The highest BCUT2D eigenvalue weighted by Gasteiger charge is 2.26. The van der Waals surface area contributed by atoms with Crippen molar-refractivity contribution in [1.29, 1.82) is 0 Å². The molecule has 126 valence electrons. The van der Waals surface area contributed by atoms with Gasteiger partial charge < -0.3 is 14.8 Å². The van der Waals surface area contributed by atoms with Crippen LogP contribution in [-0.2, 0) is 17.8 Å². The number of methoxy groups -OCH3 is 2. The molecular formula is C20H23NO3. The van der Waals surface area contributed by atoms with Crippen molar-refractivity contribution in [3.8, 4) is 11.5 Å². The summed E-state index contributed by atoms with van der Waals surface area (Å²) in [4.78, 5) is 12.7. The van der Waals surface area contributed by atoms with Crippen LogP contribution in [0.5, 0.6) is 11.5 Å². The van der Waals surface area contributed by atoms with Crippen molar-refractivity contribution < 1.29 is 14.3 Å². The van der Waals surface area contributed by atoms with Crippen LogP contribution in [-0.4, -0.2) is 20.1 Å². The third-order valence-electron chi connectivity index (χ3n) is 4.62. The molecule has 0 spiro atoms. The second-order valence-electron chi connectivity index (χ2n) is 6.01. The van der Waals surface area contributed by atoms with E-state index in [1.807, 2.05) is 30.3 Å². The van der Waals surface area contributed by atoms with Crippen LogP contribution in [0.2, 0.25) is 0 Å². The van der Waals surface area contributed by atoms with E-state index in [-0.39, 0.29) is 11.8 Å². The maximum atomic E-state index is 12.7. The number of carbonyl (C=O) groups excluding carboxylic acids is 1. The first-order chi connectivity index (χ1) is 11.7. The van der Waals surface area contributed by atoms with E-state index in [1.165, 1.54) is 11.1 Å². The fraction of sp³-hybridized carbons (Fsp3) is 0.350. The molecule has 0 bridgehead atoms. The first-order valence-corrected chi connectivity index (χ1v) is 8.30.